The van der Waals surface area contributed by atoms with E-state index >= 15 is 0 Å². The van der Waals surface area contributed by atoms with E-state index in [2.05, 4.69) is 117 Å². The summed E-state index contributed by atoms with van der Waals surface area (Å²) in [6, 6.07) is 17.8. The summed E-state index contributed by atoms with van der Waals surface area (Å²) in [4.78, 5) is 20.3. The van der Waals surface area contributed by atoms with Crippen LogP contribution >= 0.6 is 111 Å². The fraction of sp³-hybridized carbons (Fsp3) is 0.429. The van der Waals surface area contributed by atoms with E-state index in [1.54, 1.807) is 6.20 Å². The van der Waals surface area contributed by atoms with Crippen LogP contribution in [0.3, 0.4) is 0 Å². The highest BCUT2D eigenvalue weighted by molar-refractivity contribution is 14.1. The average molecular weight is 1050 g/mol. The molecule has 0 unspecified atom stereocenters. The van der Waals surface area contributed by atoms with Crippen molar-refractivity contribution in [2.75, 3.05) is 36.0 Å². The lowest BCUT2D eigenvalue weighted by molar-refractivity contribution is 0.174. The Hall–Kier alpha value is -0.620. The van der Waals surface area contributed by atoms with Crippen LogP contribution in [-0.2, 0) is 12.8 Å². The standard InChI is InChI=1S/C17H19BrN4.C13H18N2.C4H2Cl2N2.CH3I.2ClH.HI/c18-14-10-21-15(11-20-14)22-7-5-17(6-8-22)9-12-3-1-2-4-13(12)16(17)19;14-12-11-4-2-1-3-10(11)9-13(12)5-7-15-8-6-13;5-3-1-7-4(6)2-8-3;1-2;;;/h1-4,10-11,16H,5-9,19H2;1-4,12,15H,5-9,14H2;1-2H;1H3;3*1H/t16-;12-;;;;;/m11...../s1. The molecule has 0 bridgehead atoms. The number of nitrogens with two attached hydrogens (primary N) is 2. The van der Waals surface area contributed by atoms with Crippen LogP contribution in [0, 0.1) is 10.8 Å². The predicted octanol–water partition coefficient (Wildman–Crippen LogP) is 8.99. The maximum Gasteiger partial charge on any atom is 0.147 e. The second kappa shape index (κ2) is 21.3. The van der Waals surface area contributed by atoms with Gasteiger partial charge in [-0.05, 0) is 106 Å². The third-order valence-corrected chi connectivity index (χ3v) is 10.9. The third-order valence-electron chi connectivity index (χ3n) is 10.1. The fourth-order valence-corrected chi connectivity index (χ4v) is 7.88. The number of alkyl halides is 1. The lowest BCUT2D eigenvalue weighted by Crippen LogP contribution is -2.44. The first-order chi connectivity index (χ1) is 22.8. The van der Waals surface area contributed by atoms with Crippen molar-refractivity contribution in [1.82, 2.24) is 25.3 Å². The zero-order valence-electron chi connectivity index (χ0n) is 27.8. The van der Waals surface area contributed by atoms with Gasteiger partial charge in [0, 0.05) is 25.2 Å². The van der Waals surface area contributed by atoms with Gasteiger partial charge in [0.25, 0.3) is 0 Å². The van der Waals surface area contributed by atoms with Crippen molar-refractivity contribution in [2.24, 2.45) is 22.3 Å². The molecule has 2 saturated heterocycles. The highest BCUT2D eigenvalue weighted by Gasteiger charge is 2.46. The summed E-state index contributed by atoms with van der Waals surface area (Å²) in [5.74, 6) is 0.960. The Morgan fingerprint density at radius 1 is 0.720 bits per heavy atom. The highest BCUT2D eigenvalue weighted by Crippen LogP contribution is 2.51. The first-order valence-corrected chi connectivity index (χ1v) is 19.6. The van der Waals surface area contributed by atoms with Crippen molar-refractivity contribution < 1.29 is 0 Å². The van der Waals surface area contributed by atoms with Crippen LogP contribution < -0.4 is 21.7 Å². The number of halogens is 7. The Labute approximate surface area is 357 Å². The summed E-state index contributed by atoms with van der Waals surface area (Å²) in [6.45, 7) is 4.25. The summed E-state index contributed by atoms with van der Waals surface area (Å²) in [7, 11) is 0. The molecular weight excluding hydrogens is 1010 g/mol. The Balaban J connectivity index is 0.000000270. The van der Waals surface area contributed by atoms with E-state index in [0.717, 1.165) is 55.9 Å². The average Bonchev–Trinajstić information content (AvgIpc) is 3.54. The Morgan fingerprint density at radius 3 is 1.60 bits per heavy atom. The van der Waals surface area contributed by atoms with E-state index in [0.29, 0.717) is 15.7 Å². The molecule has 0 saturated carbocycles. The minimum Gasteiger partial charge on any atom is -0.355 e. The van der Waals surface area contributed by atoms with Gasteiger partial charge in [-0.1, -0.05) is 94.3 Å². The summed E-state index contributed by atoms with van der Waals surface area (Å²) in [6.07, 6.45) is 13.4. The summed E-state index contributed by atoms with van der Waals surface area (Å²) in [5, 5.41) is 4.14. The summed E-state index contributed by atoms with van der Waals surface area (Å²) >= 11 is 16.2. The van der Waals surface area contributed by atoms with Crippen molar-refractivity contribution in [2.45, 2.75) is 50.6 Å². The molecule has 5 N–H and O–H groups in total. The zero-order valence-corrected chi connectivity index (χ0v) is 37.0. The molecule has 4 aliphatic rings. The number of benzene rings is 2. The smallest absolute Gasteiger partial charge is 0.147 e. The number of piperidine rings is 2. The lowest BCUT2D eigenvalue weighted by Gasteiger charge is -2.42. The summed E-state index contributed by atoms with van der Waals surface area (Å²) < 4.78 is 0.776. The van der Waals surface area contributed by atoms with Gasteiger partial charge < -0.3 is 21.7 Å². The Bertz CT molecular complexity index is 1570. The summed E-state index contributed by atoms with van der Waals surface area (Å²) in [5.41, 5.74) is 19.3. The normalized spacial score (nSPS) is 20.0. The molecule has 2 fully saturated rings. The maximum atomic E-state index is 6.61. The number of hydrogen-bond donors (Lipinski definition) is 3. The highest BCUT2D eigenvalue weighted by atomic mass is 127. The molecule has 50 heavy (non-hydrogen) atoms. The van der Waals surface area contributed by atoms with Crippen molar-refractivity contribution in [3.05, 3.63) is 110 Å². The van der Waals surface area contributed by atoms with Crippen molar-refractivity contribution in [1.29, 1.82) is 0 Å². The van der Waals surface area contributed by atoms with Gasteiger partial charge in [-0.3, -0.25) is 0 Å². The Morgan fingerprint density at radius 2 is 1.18 bits per heavy atom. The molecule has 274 valence electrons. The SMILES string of the molecule is CI.Cl.Cl.Clc1cnc(Cl)cn1.I.N[C@@H]1c2ccccc2CC12CCN(c1cnc(Br)cn1)CC2.N[C@@H]1c2ccccc2CC12CCNCC2. The molecule has 2 aliphatic carbocycles. The van der Waals surface area contributed by atoms with Gasteiger partial charge >= 0.3 is 0 Å². The molecule has 4 aromatic rings. The minimum atomic E-state index is 0. The van der Waals surface area contributed by atoms with Gasteiger partial charge in [-0.2, -0.15) is 0 Å². The van der Waals surface area contributed by atoms with E-state index in [9.17, 15) is 0 Å². The van der Waals surface area contributed by atoms with E-state index in [1.165, 1.54) is 53.9 Å². The number of nitrogens with one attached hydrogen (secondary N) is 1. The molecule has 2 spiro atoms. The molecule has 2 aromatic carbocycles. The molecule has 0 amide bonds. The first kappa shape index (κ1) is 45.5. The van der Waals surface area contributed by atoms with Gasteiger partial charge in [0.15, 0.2) is 0 Å². The Kier molecular flexibility index (Phi) is 19.4. The topological polar surface area (TPSA) is 119 Å². The van der Waals surface area contributed by atoms with Crippen LogP contribution in [0.1, 0.15) is 60.0 Å². The number of anilines is 1. The van der Waals surface area contributed by atoms with E-state index < -0.39 is 0 Å². The molecule has 2 atom stereocenters. The molecular formula is C35H45BrCl4I2N8. The number of rotatable bonds is 1. The number of aromatic nitrogens is 4. The van der Waals surface area contributed by atoms with Crippen LogP contribution in [0.4, 0.5) is 5.82 Å². The van der Waals surface area contributed by atoms with Gasteiger partial charge in [-0.15, -0.1) is 48.8 Å². The molecule has 15 heteroatoms. The first-order valence-electron chi connectivity index (χ1n) is 15.9. The number of hydrogen-bond acceptors (Lipinski definition) is 8. The van der Waals surface area contributed by atoms with Crippen LogP contribution in [0.5, 0.6) is 0 Å². The second-order valence-corrected chi connectivity index (χ2v) is 14.1. The van der Waals surface area contributed by atoms with Gasteiger partial charge in [0.05, 0.1) is 24.8 Å². The molecule has 2 aliphatic heterocycles. The lowest BCUT2D eigenvalue weighted by atomic mass is 9.73. The van der Waals surface area contributed by atoms with E-state index in [4.69, 9.17) is 34.7 Å². The second-order valence-electron chi connectivity index (χ2n) is 12.5. The van der Waals surface area contributed by atoms with E-state index in [1.807, 2.05) is 11.1 Å². The van der Waals surface area contributed by atoms with Gasteiger partial charge in [0.2, 0.25) is 0 Å². The molecule has 2 aromatic heterocycles. The van der Waals surface area contributed by atoms with Crippen LogP contribution in [0.25, 0.3) is 0 Å². The van der Waals surface area contributed by atoms with Gasteiger partial charge in [-0.25, -0.2) is 19.9 Å². The largest absolute Gasteiger partial charge is 0.355 e. The molecule has 0 radical (unpaired) electrons. The van der Waals surface area contributed by atoms with Crippen LogP contribution in [-0.4, -0.2) is 51.0 Å². The van der Waals surface area contributed by atoms with Crippen molar-refractivity contribution in [3.63, 3.8) is 0 Å². The molecule has 4 heterocycles. The van der Waals surface area contributed by atoms with Crippen molar-refractivity contribution in [3.8, 4) is 0 Å². The molecule has 8 rings (SSSR count). The quantitative estimate of drug-likeness (QED) is 0.128. The van der Waals surface area contributed by atoms with E-state index in [-0.39, 0.29) is 66.3 Å². The van der Waals surface area contributed by atoms with Crippen molar-refractivity contribution >= 4 is 116 Å². The van der Waals surface area contributed by atoms with Crippen LogP contribution in [0.2, 0.25) is 10.3 Å². The third kappa shape index (κ3) is 10.7. The minimum absolute atomic E-state index is 0. The zero-order chi connectivity index (χ0) is 33.4. The fourth-order valence-electron chi connectivity index (χ4n) is 7.48. The number of nitrogens with zero attached hydrogens (tertiary/aromatic N) is 5. The van der Waals surface area contributed by atoms with Crippen LogP contribution in [0.15, 0.2) is 77.9 Å². The molecule has 8 nitrogen and oxygen atoms in total. The maximum absolute atomic E-state index is 6.61. The number of fused-ring (bicyclic) bond motifs is 2. The van der Waals surface area contributed by atoms with Gasteiger partial charge in [0.1, 0.15) is 20.7 Å². The predicted molar refractivity (Wildman–Crippen MR) is 234 cm³/mol. The monoisotopic (exact) mass is 1050 g/mol.